The number of rotatable bonds is 5. The van der Waals surface area contributed by atoms with Crippen LogP contribution < -0.4 is 0 Å². The SMILES string of the molecule is O=C(CCl)N(C1CC1)[C@H]1CCN(Cc2ccccc2)C1. The van der Waals surface area contributed by atoms with Crippen molar-refractivity contribution in [1.82, 2.24) is 9.80 Å². The van der Waals surface area contributed by atoms with E-state index in [1.807, 2.05) is 6.07 Å². The van der Waals surface area contributed by atoms with Gasteiger partial charge in [0.25, 0.3) is 0 Å². The van der Waals surface area contributed by atoms with Gasteiger partial charge < -0.3 is 4.90 Å². The third-order valence-corrected chi connectivity index (χ3v) is 4.46. The Bertz CT molecular complexity index is 461. The molecule has 1 aromatic rings. The number of halogens is 1. The largest absolute Gasteiger partial charge is 0.334 e. The van der Waals surface area contributed by atoms with Crippen molar-refractivity contribution in [1.29, 1.82) is 0 Å². The van der Waals surface area contributed by atoms with Crippen LogP contribution >= 0.6 is 11.6 Å². The van der Waals surface area contributed by atoms with Crippen molar-refractivity contribution in [2.45, 2.75) is 37.9 Å². The minimum Gasteiger partial charge on any atom is -0.334 e. The Morgan fingerprint density at radius 1 is 1.20 bits per heavy atom. The molecule has 0 spiro atoms. The molecule has 1 heterocycles. The van der Waals surface area contributed by atoms with E-state index in [1.54, 1.807) is 0 Å². The van der Waals surface area contributed by atoms with Crippen LogP contribution in [0.4, 0.5) is 0 Å². The lowest BCUT2D eigenvalue weighted by atomic mass is 10.2. The fourth-order valence-corrected chi connectivity index (χ4v) is 3.29. The highest BCUT2D eigenvalue weighted by atomic mass is 35.5. The van der Waals surface area contributed by atoms with Gasteiger partial charge in [-0.3, -0.25) is 9.69 Å². The molecule has 1 aliphatic heterocycles. The topological polar surface area (TPSA) is 23.6 Å². The molecule has 4 heteroatoms. The summed E-state index contributed by atoms with van der Waals surface area (Å²) in [6.45, 7) is 3.03. The van der Waals surface area contributed by atoms with Crippen LogP contribution in [-0.4, -0.2) is 46.8 Å². The third-order valence-electron chi connectivity index (χ3n) is 4.23. The fraction of sp³-hybridized carbons (Fsp3) is 0.562. The molecule has 0 unspecified atom stereocenters. The number of carbonyl (C=O) groups is 1. The van der Waals surface area contributed by atoms with Gasteiger partial charge in [0.1, 0.15) is 5.88 Å². The van der Waals surface area contributed by atoms with Crippen LogP contribution in [-0.2, 0) is 11.3 Å². The number of alkyl halides is 1. The normalized spacial score (nSPS) is 22.9. The smallest absolute Gasteiger partial charge is 0.238 e. The van der Waals surface area contributed by atoms with Gasteiger partial charge >= 0.3 is 0 Å². The van der Waals surface area contributed by atoms with Gasteiger partial charge in [0.05, 0.1) is 0 Å². The van der Waals surface area contributed by atoms with Crippen molar-refractivity contribution in [2.24, 2.45) is 0 Å². The second kappa shape index (κ2) is 6.15. The first-order valence-corrected chi connectivity index (χ1v) is 7.95. The van der Waals surface area contributed by atoms with Gasteiger partial charge in [-0.25, -0.2) is 0 Å². The molecule has 1 aliphatic carbocycles. The lowest BCUT2D eigenvalue weighted by Gasteiger charge is -2.28. The standard InChI is InChI=1S/C16H21ClN2O/c17-10-16(20)19(14-6-7-14)15-8-9-18(12-15)11-13-4-2-1-3-5-13/h1-5,14-15H,6-12H2/t15-/m0/s1. The van der Waals surface area contributed by atoms with E-state index >= 15 is 0 Å². The maximum Gasteiger partial charge on any atom is 0.238 e. The molecule has 1 amide bonds. The molecule has 0 radical (unpaired) electrons. The third kappa shape index (κ3) is 3.15. The molecule has 20 heavy (non-hydrogen) atoms. The Hall–Kier alpha value is -1.06. The van der Waals surface area contributed by atoms with Crippen molar-refractivity contribution in [2.75, 3.05) is 19.0 Å². The second-order valence-corrected chi connectivity index (χ2v) is 6.10. The molecule has 0 N–H and O–H groups in total. The maximum atomic E-state index is 12.0. The number of likely N-dealkylation sites (tertiary alicyclic amines) is 1. The fourth-order valence-electron chi connectivity index (χ4n) is 3.15. The van der Waals surface area contributed by atoms with E-state index in [2.05, 4.69) is 34.1 Å². The van der Waals surface area contributed by atoms with E-state index in [4.69, 9.17) is 11.6 Å². The van der Waals surface area contributed by atoms with Gasteiger partial charge in [-0.05, 0) is 24.8 Å². The van der Waals surface area contributed by atoms with Gasteiger partial charge in [-0.2, -0.15) is 0 Å². The first kappa shape index (κ1) is 13.9. The molecule has 1 saturated heterocycles. The van der Waals surface area contributed by atoms with Gasteiger partial charge in [-0.1, -0.05) is 30.3 Å². The zero-order valence-electron chi connectivity index (χ0n) is 11.7. The Labute approximate surface area is 125 Å². The van der Waals surface area contributed by atoms with Crippen molar-refractivity contribution < 1.29 is 4.79 Å². The number of carbonyl (C=O) groups excluding carboxylic acids is 1. The molecule has 0 bridgehead atoms. The second-order valence-electron chi connectivity index (χ2n) is 5.83. The van der Waals surface area contributed by atoms with Gasteiger partial charge in [0.2, 0.25) is 5.91 Å². The molecular weight excluding hydrogens is 272 g/mol. The summed E-state index contributed by atoms with van der Waals surface area (Å²) in [7, 11) is 0. The maximum absolute atomic E-state index is 12.0. The molecule has 3 nitrogen and oxygen atoms in total. The average molecular weight is 293 g/mol. The quantitative estimate of drug-likeness (QED) is 0.779. The summed E-state index contributed by atoms with van der Waals surface area (Å²) < 4.78 is 0. The van der Waals surface area contributed by atoms with E-state index in [1.165, 1.54) is 5.56 Å². The van der Waals surface area contributed by atoms with Crippen LogP contribution in [0, 0.1) is 0 Å². The Kier molecular flexibility index (Phi) is 4.27. The molecule has 3 rings (SSSR count). The summed E-state index contributed by atoms with van der Waals surface area (Å²) in [6, 6.07) is 11.4. The van der Waals surface area contributed by atoms with Crippen LogP contribution in [0.3, 0.4) is 0 Å². The van der Waals surface area contributed by atoms with Gasteiger partial charge in [0.15, 0.2) is 0 Å². The molecule has 1 aromatic carbocycles. The van der Waals surface area contributed by atoms with Crippen LogP contribution in [0.15, 0.2) is 30.3 Å². The predicted octanol–water partition coefficient (Wildman–Crippen LogP) is 2.49. The van der Waals surface area contributed by atoms with Crippen LogP contribution in [0.1, 0.15) is 24.8 Å². The molecule has 1 atom stereocenters. The molecular formula is C16H21ClN2O. The number of hydrogen-bond acceptors (Lipinski definition) is 2. The predicted molar refractivity (Wildman–Crippen MR) is 80.7 cm³/mol. The number of hydrogen-bond donors (Lipinski definition) is 0. The number of amides is 1. The van der Waals surface area contributed by atoms with Crippen molar-refractivity contribution in [3.05, 3.63) is 35.9 Å². The zero-order valence-corrected chi connectivity index (χ0v) is 12.4. The monoisotopic (exact) mass is 292 g/mol. The Balaban J connectivity index is 1.59. The van der Waals surface area contributed by atoms with Crippen molar-refractivity contribution in [3.8, 4) is 0 Å². The highest BCUT2D eigenvalue weighted by molar-refractivity contribution is 6.27. The number of benzene rings is 1. The van der Waals surface area contributed by atoms with E-state index in [0.717, 1.165) is 38.9 Å². The van der Waals surface area contributed by atoms with Gasteiger partial charge in [-0.15, -0.1) is 11.6 Å². The summed E-state index contributed by atoms with van der Waals surface area (Å²) in [5.41, 5.74) is 1.34. The lowest BCUT2D eigenvalue weighted by Crippen LogP contribution is -2.44. The summed E-state index contributed by atoms with van der Waals surface area (Å²) in [4.78, 5) is 16.5. The minimum absolute atomic E-state index is 0.112. The van der Waals surface area contributed by atoms with Crippen LogP contribution in [0.2, 0.25) is 0 Å². The van der Waals surface area contributed by atoms with E-state index in [-0.39, 0.29) is 11.8 Å². The molecule has 0 aromatic heterocycles. The summed E-state index contributed by atoms with van der Waals surface area (Å²) in [5, 5.41) is 0. The first-order valence-electron chi connectivity index (χ1n) is 7.41. The zero-order chi connectivity index (χ0) is 13.9. The Morgan fingerprint density at radius 3 is 2.60 bits per heavy atom. The number of nitrogens with zero attached hydrogens (tertiary/aromatic N) is 2. The summed E-state index contributed by atoms with van der Waals surface area (Å²) in [5.74, 6) is 0.229. The molecule has 108 valence electrons. The molecule has 1 saturated carbocycles. The lowest BCUT2D eigenvalue weighted by molar-refractivity contribution is -0.131. The minimum atomic E-state index is 0.112. The van der Waals surface area contributed by atoms with E-state index in [9.17, 15) is 4.79 Å². The van der Waals surface area contributed by atoms with Crippen LogP contribution in [0.25, 0.3) is 0 Å². The highest BCUT2D eigenvalue weighted by Crippen LogP contribution is 2.32. The average Bonchev–Trinajstić information content (AvgIpc) is 3.20. The molecule has 2 aliphatic rings. The summed E-state index contributed by atoms with van der Waals surface area (Å²) in [6.07, 6.45) is 3.38. The van der Waals surface area contributed by atoms with Gasteiger partial charge in [0, 0.05) is 31.7 Å². The van der Waals surface area contributed by atoms with Crippen molar-refractivity contribution in [3.63, 3.8) is 0 Å². The van der Waals surface area contributed by atoms with E-state index in [0.29, 0.717) is 12.1 Å². The first-order chi connectivity index (χ1) is 9.78. The van der Waals surface area contributed by atoms with Crippen molar-refractivity contribution >= 4 is 17.5 Å². The highest BCUT2D eigenvalue weighted by Gasteiger charge is 2.39. The summed E-state index contributed by atoms with van der Waals surface area (Å²) >= 11 is 5.76. The van der Waals surface area contributed by atoms with E-state index < -0.39 is 0 Å². The Morgan fingerprint density at radius 2 is 1.95 bits per heavy atom. The molecule has 2 fully saturated rings. The van der Waals surface area contributed by atoms with Crippen LogP contribution in [0.5, 0.6) is 0 Å².